The van der Waals surface area contributed by atoms with Gasteiger partial charge in [0.2, 0.25) is 10.0 Å². The van der Waals surface area contributed by atoms with Crippen LogP contribution in [-0.2, 0) is 15.4 Å². The minimum absolute atomic E-state index is 0.0407. The van der Waals surface area contributed by atoms with Gasteiger partial charge in [0.05, 0.1) is 12.3 Å². The molecule has 0 spiro atoms. The summed E-state index contributed by atoms with van der Waals surface area (Å²) < 4.78 is 68.5. The molecule has 1 unspecified atom stereocenters. The number of carbonyl (C=O) groups excluding carboxylic acids is 1. The number of nitrogens with one attached hydrogen (secondary N) is 2. The highest BCUT2D eigenvalue weighted by molar-refractivity contribution is 7.92. The van der Waals surface area contributed by atoms with Gasteiger partial charge in [0.15, 0.2) is 17.9 Å². The maximum atomic E-state index is 14.2. The molecule has 9 nitrogen and oxygen atoms in total. The van der Waals surface area contributed by atoms with Crippen LogP contribution < -0.4 is 19.5 Å². The highest BCUT2D eigenvalue weighted by Gasteiger charge is 2.20. The molecule has 3 rings (SSSR count). The van der Waals surface area contributed by atoms with Gasteiger partial charge in [0, 0.05) is 0 Å². The normalized spacial score (nSPS) is 12.7. The number of amides is 1. The summed E-state index contributed by atoms with van der Waals surface area (Å²) in [5.74, 6) is -1.98. The lowest BCUT2D eigenvalue weighted by molar-refractivity contribution is 0.195. The summed E-state index contributed by atoms with van der Waals surface area (Å²) >= 11 is 0. The maximum absolute atomic E-state index is 14.2. The third-order valence-electron chi connectivity index (χ3n) is 4.75. The van der Waals surface area contributed by atoms with Crippen LogP contribution in [0.4, 0.5) is 19.3 Å². The fourth-order valence-electron chi connectivity index (χ4n) is 2.97. The molecule has 0 saturated heterocycles. The molecule has 0 aliphatic heterocycles. The summed E-state index contributed by atoms with van der Waals surface area (Å²) in [4.78, 5) is 16.1. The van der Waals surface area contributed by atoms with E-state index in [0.29, 0.717) is 5.75 Å². The molecule has 188 valence electrons. The molecule has 1 heterocycles. The number of sulfonamides is 1. The molecular formula is C23H25F2N3O6S. The van der Waals surface area contributed by atoms with E-state index in [9.17, 15) is 22.0 Å². The molecule has 1 amide bonds. The zero-order chi connectivity index (χ0) is 26.0. The second kappa shape index (κ2) is 9.90. The van der Waals surface area contributed by atoms with Crippen LogP contribution in [-0.4, -0.2) is 25.8 Å². The van der Waals surface area contributed by atoms with Crippen molar-refractivity contribution >= 4 is 21.8 Å². The first-order chi connectivity index (χ1) is 16.2. The predicted molar refractivity (Wildman–Crippen MR) is 124 cm³/mol. The molecule has 2 N–H and O–H groups in total. The quantitative estimate of drug-likeness (QED) is 0.446. The van der Waals surface area contributed by atoms with Crippen LogP contribution in [0.25, 0.3) is 0 Å². The first-order valence-electron chi connectivity index (χ1n) is 10.4. The summed E-state index contributed by atoms with van der Waals surface area (Å²) in [7, 11) is -3.88. The van der Waals surface area contributed by atoms with Crippen LogP contribution in [0.1, 0.15) is 44.9 Å². The van der Waals surface area contributed by atoms with Crippen LogP contribution in [0.3, 0.4) is 0 Å². The van der Waals surface area contributed by atoms with Crippen molar-refractivity contribution in [1.29, 1.82) is 0 Å². The molecule has 1 atom stereocenters. The number of nitrogens with zero attached hydrogens (tertiary/aromatic N) is 1. The molecule has 0 radical (unpaired) electrons. The molecule has 0 fully saturated rings. The predicted octanol–water partition coefficient (Wildman–Crippen LogP) is 5.26. The maximum Gasteiger partial charge on any atom is 0.414 e. The lowest BCUT2D eigenvalue weighted by atomic mass is 9.87. The van der Waals surface area contributed by atoms with Crippen LogP contribution in [0.2, 0.25) is 0 Å². The number of halogens is 2. The fourth-order valence-corrected chi connectivity index (χ4v) is 3.54. The Kier molecular flexibility index (Phi) is 7.34. The lowest BCUT2D eigenvalue weighted by Crippen LogP contribution is -2.29. The zero-order valence-corrected chi connectivity index (χ0v) is 20.5. The average Bonchev–Trinajstić information content (AvgIpc) is 3.15. The van der Waals surface area contributed by atoms with Crippen LogP contribution in [0.15, 0.2) is 47.1 Å². The van der Waals surface area contributed by atoms with Gasteiger partial charge in [-0.25, -0.2) is 22.0 Å². The van der Waals surface area contributed by atoms with Gasteiger partial charge in [0.1, 0.15) is 11.4 Å². The third-order valence-corrected chi connectivity index (χ3v) is 5.33. The van der Waals surface area contributed by atoms with Crippen molar-refractivity contribution in [3.05, 3.63) is 65.4 Å². The van der Waals surface area contributed by atoms with E-state index in [1.54, 1.807) is 10.8 Å². The van der Waals surface area contributed by atoms with Gasteiger partial charge in [-0.05, 0) is 47.7 Å². The number of anilines is 1. The number of carbonyl (C=O) groups is 1. The van der Waals surface area contributed by atoms with Gasteiger partial charge in [-0.1, -0.05) is 32.9 Å². The van der Waals surface area contributed by atoms with Crippen LogP contribution >= 0.6 is 0 Å². The van der Waals surface area contributed by atoms with Crippen LogP contribution in [0, 0.1) is 11.6 Å². The Hall–Kier alpha value is -3.67. The van der Waals surface area contributed by atoms with E-state index < -0.39 is 39.5 Å². The summed E-state index contributed by atoms with van der Waals surface area (Å²) in [6, 6.07) is 8.28. The summed E-state index contributed by atoms with van der Waals surface area (Å²) in [5, 5.41) is 2.39. The van der Waals surface area contributed by atoms with Gasteiger partial charge in [0.25, 0.3) is 5.88 Å². The smallest absolute Gasteiger partial charge is 0.413 e. The first kappa shape index (κ1) is 25.9. The van der Waals surface area contributed by atoms with Crippen molar-refractivity contribution in [3.8, 4) is 17.7 Å². The molecule has 3 aromatic rings. The number of ether oxygens (including phenoxy) is 2. The number of hydrogen-bond acceptors (Lipinski definition) is 7. The number of oxazole rings is 1. The summed E-state index contributed by atoms with van der Waals surface area (Å²) in [6.45, 7) is 7.64. The molecule has 0 bridgehead atoms. The van der Waals surface area contributed by atoms with Gasteiger partial charge in [-0.2, -0.15) is 0 Å². The zero-order valence-electron chi connectivity index (χ0n) is 19.7. The average molecular weight is 510 g/mol. The van der Waals surface area contributed by atoms with Crippen LogP contribution in [0.5, 0.6) is 17.7 Å². The standard InChI is InChI=1S/C23H25F2N3O6S/c1-13(14-9-17(24)20(18(25)10-14)28-35(5,30)31)26-21(29)34-19-12-32-22(27-19)33-16-8-6-7-15(11-16)23(2,3)4/h6-13,28H,1-5H3,(H,26,29). The van der Waals surface area contributed by atoms with E-state index in [0.717, 1.165) is 30.2 Å². The Morgan fingerprint density at radius 3 is 2.40 bits per heavy atom. The second-order valence-corrected chi connectivity index (χ2v) is 10.6. The summed E-state index contributed by atoms with van der Waals surface area (Å²) in [6.07, 6.45) is 0.720. The molecule has 2 aromatic carbocycles. The largest absolute Gasteiger partial charge is 0.414 e. The Morgan fingerprint density at radius 2 is 1.80 bits per heavy atom. The van der Waals surface area contributed by atoms with Gasteiger partial charge in [-0.15, -0.1) is 4.98 Å². The van der Waals surface area contributed by atoms with Gasteiger partial charge < -0.3 is 19.2 Å². The number of rotatable bonds is 7. The second-order valence-electron chi connectivity index (χ2n) is 8.82. The van der Waals surface area contributed by atoms with E-state index >= 15 is 0 Å². The Balaban J connectivity index is 1.63. The lowest BCUT2D eigenvalue weighted by Gasteiger charge is -2.19. The SMILES string of the molecule is CC(NC(=O)Oc1coc(Oc2cccc(C(C)(C)C)c2)n1)c1cc(F)c(NS(C)(=O)=O)c(F)c1. The molecule has 0 saturated carbocycles. The van der Waals surface area contributed by atoms with Crippen molar-refractivity contribution in [3.63, 3.8) is 0 Å². The molecule has 0 aliphatic carbocycles. The van der Waals surface area contributed by atoms with Crippen molar-refractivity contribution in [1.82, 2.24) is 10.3 Å². The molecular weight excluding hydrogens is 484 g/mol. The van der Waals surface area contributed by atoms with Gasteiger partial charge >= 0.3 is 12.2 Å². The molecule has 0 aliphatic rings. The minimum atomic E-state index is -3.88. The first-order valence-corrected chi connectivity index (χ1v) is 12.3. The van der Waals surface area contributed by atoms with Gasteiger partial charge in [-0.3, -0.25) is 4.72 Å². The minimum Gasteiger partial charge on any atom is -0.413 e. The van der Waals surface area contributed by atoms with Crippen molar-refractivity contribution in [2.24, 2.45) is 0 Å². The summed E-state index contributed by atoms with van der Waals surface area (Å²) in [5.41, 5.74) is 0.183. The molecule has 35 heavy (non-hydrogen) atoms. The van der Waals surface area contributed by atoms with E-state index in [4.69, 9.17) is 13.9 Å². The van der Waals surface area contributed by atoms with E-state index in [1.165, 1.54) is 6.92 Å². The van der Waals surface area contributed by atoms with Crippen molar-refractivity contribution < 1.29 is 35.9 Å². The van der Waals surface area contributed by atoms with Crippen molar-refractivity contribution in [2.45, 2.75) is 39.2 Å². The highest BCUT2D eigenvalue weighted by Crippen LogP contribution is 2.29. The topological polar surface area (TPSA) is 120 Å². The van der Waals surface area contributed by atoms with E-state index in [2.05, 4.69) is 31.1 Å². The Labute approximate surface area is 201 Å². The van der Waals surface area contributed by atoms with E-state index in [-0.39, 0.29) is 22.9 Å². The number of aromatic nitrogens is 1. The Morgan fingerprint density at radius 1 is 1.14 bits per heavy atom. The monoisotopic (exact) mass is 509 g/mol. The molecule has 1 aromatic heterocycles. The highest BCUT2D eigenvalue weighted by atomic mass is 32.2. The number of benzene rings is 2. The number of hydrogen-bond donors (Lipinski definition) is 2. The van der Waals surface area contributed by atoms with Crippen molar-refractivity contribution in [2.75, 3.05) is 11.0 Å². The Bertz CT molecular complexity index is 1310. The van der Waals surface area contributed by atoms with E-state index in [1.807, 2.05) is 18.2 Å². The third kappa shape index (κ3) is 7.15. The molecule has 12 heteroatoms. The fraction of sp³-hybridized carbons (Fsp3) is 0.304.